The zero-order valence-electron chi connectivity index (χ0n) is 18.7. The van der Waals surface area contributed by atoms with Gasteiger partial charge in [0.05, 0.1) is 17.8 Å². The molecular formula is C26H23FN6OS. The second-order valence-corrected chi connectivity index (χ2v) is 8.50. The maximum atomic E-state index is 13.2. The SMILES string of the molecule is O=C(CCN1C(=S)N[C@H](c2ccccn2)[C@H]1c1cccn1-c1ccccn1)Nc1ccc(F)cc1. The number of carbonyl (C=O) groups excluding carboxylic acids is 1. The van der Waals surface area contributed by atoms with Gasteiger partial charge in [-0.1, -0.05) is 12.1 Å². The number of thiocarbonyl (C=S) groups is 1. The first kappa shape index (κ1) is 22.7. The molecule has 1 saturated heterocycles. The Morgan fingerprint density at radius 2 is 1.77 bits per heavy atom. The van der Waals surface area contributed by atoms with Crippen molar-refractivity contribution in [1.29, 1.82) is 0 Å². The lowest BCUT2D eigenvalue weighted by atomic mass is 10.0. The average molecular weight is 487 g/mol. The number of hydrogen-bond acceptors (Lipinski definition) is 4. The summed E-state index contributed by atoms with van der Waals surface area (Å²) < 4.78 is 15.2. The second kappa shape index (κ2) is 10.0. The highest BCUT2D eigenvalue weighted by atomic mass is 32.1. The normalized spacial score (nSPS) is 17.3. The van der Waals surface area contributed by atoms with Crippen molar-refractivity contribution in [3.63, 3.8) is 0 Å². The van der Waals surface area contributed by atoms with Crippen LogP contribution in [0.4, 0.5) is 10.1 Å². The van der Waals surface area contributed by atoms with Gasteiger partial charge in [-0.3, -0.25) is 9.78 Å². The van der Waals surface area contributed by atoms with Crippen molar-refractivity contribution in [2.45, 2.75) is 18.5 Å². The summed E-state index contributed by atoms with van der Waals surface area (Å²) in [6.07, 6.45) is 5.68. The minimum Gasteiger partial charge on any atom is -0.352 e. The van der Waals surface area contributed by atoms with Crippen LogP contribution in [0.2, 0.25) is 0 Å². The Morgan fingerprint density at radius 1 is 1.00 bits per heavy atom. The maximum Gasteiger partial charge on any atom is 0.226 e. The molecule has 4 aromatic rings. The predicted molar refractivity (Wildman–Crippen MR) is 135 cm³/mol. The fourth-order valence-electron chi connectivity index (χ4n) is 4.29. The highest BCUT2D eigenvalue weighted by Crippen LogP contribution is 2.39. The molecule has 1 aliphatic heterocycles. The Hall–Kier alpha value is -4.11. The van der Waals surface area contributed by atoms with Crippen molar-refractivity contribution < 1.29 is 9.18 Å². The third kappa shape index (κ3) is 4.90. The van der Waals surface area contributed by atoms with E-state index in [0.29, 0.717) is 17.3 Å². The molecule has 1 fully saturated rings. The summed E-state index contributed by atoms with van der Waals surface area (Å²) in [6.45, 7) is 0.389. The van der Waals surface area contributed by atoms with Gasteiger partial charge in [-0.05, 0) is 72.9 Å². The molecule has 0 saturated carbocycles. The summed E-state index contributed by atoms with van der Waals surface area (Å²) in [7, 11) is 0. The van der Waals surface area contributed by atoms with Gasteiger partial charge in [0.1, 0.15) is 11.6 Å². The first-order valence-corrected chi connectivity index (χ1v) is 11.6. The molecule has 0 unspecified atom stereocenters. The Bertz CT molecular complexity index is 1310. The number of nitrogens with one attached hydrogen (secondary N) is 2. The summed E-state index contributed by atoms with van der Waals surface area (Å²) in [5, 5.41) is 6.77. The van der Waals surface area contributed by atoms with Gasteiger partial charge >= 0.3 is 0 Å². The number of carbonyl (C=O) groups is 1. The van der Waals surface area contributed by atoms with Crippen molar-refractivity contribution in [3.05, 3.63) is 109 Å². The van der Waals surface area contributed by atoms with Crippen LogP contribution in [-0.2, 0) is 4.79 Å². The summed E-state index contributed by atoms with van der Waals surface area (Å²) >= 11 is 5.71. The molecule has 0 bridgehead atoms. The second-order valence-electron chi connectivity index (χ2n) is 8.12. The molecule has 35 heavy (non-hydrogen) atoms. The van der Waals surface area contributed by atoms with Crippen molar-refractivity contribution in [2.24, 2.45) is 0 Å². The fraction of sp³-hybridized carbons (Fsp3) is 0.154. The molecule has 2 N–H and O–H groups in total. The number of amides is 1. The van der Waals surface area contributed by atoms with Crippen molar-refractivity contribution in [3.8, 4) is 5.82 Å². The molecular weight excluding hydrogens is 463 g/mol. The number of rotatable bonds is 7. The smallest absolute Gasteiger partial charge is 0.226 e. The third-order valence-corrected chi connectivity index (χ3v) is 6.24. The first-order valence-electron chi connectivity index (χ1n) is 11.2. The molecule has 2 atom stereocenters. The Morgan fingerprint density at radius 3 is 2.49 bits per heavy atom. The quantitative estimate of drug-likeness (QED) is 0.377. The molecule has 3 aromatic heterocycles. The Kier molecular flexibility index (Phi) is 6.49. The zero-order valence-corrected chi connectivity index (χ0v) is 19.5. The van der Waals surface area contributed by atoms with E-state index in [2.05, 4.69) is 20.6 Å². The van der Waals surface area contributed by atoms with E-state index < -0.39 is 0 Å². The number of anilines is 1. The van der Waals surface area contributed by atoms with Crippen LogP contribution in [0.15, 0.2) is 91.4 Å². The summed E-state index contributed by atoms with van der Waals surface area (Å²) in [5.74, 6) is 0.259. The molecule has 1 aromatic carbocycles. The lowest BCUT2D eigenvalue weighted by Gasteiger charge is -2.28. The number of nitrogens with zero attached hydrogens (tertiary/aromatic N) is 4. The van der Waals surface area contributed by atoms with Gasteiger partial charge in [0.2, 0.25) is 5.91 Å². The van der Waals surface area contributed by atoms with Crippen LogP contribution < -0.4 is 10.6 Å². The van der Waals surface area contributed by atoms with Crippen LogP contribution in [0, 0.1) is 5.82 Å². The van der Waals surface area contributed by atoms with E-state index in [1.807, 2.05) is 64.2 Å². The Labute approximate surface area is 207 Å². The van der Waals surface area contributed by atoms with Crippen molar-refractivity contribution in [2.75, 3.05) is 11.9 Å². The first-order chi connectivity index (χ1) is 17.1. The Balaban J connectivity index is 1.42. The summed E-state index contributed by atoms with van der Waals surface area (Å²) in [4.78, 5) is 23.8. The van der Waals surface area contributed by atoms with E-state index in [-0.39, 0.29) is 30.2 Å². The van der Waals surface area contributed by atoms with Gasteiger partial charge in [-0.2, -0.15) is 0 Å². The number of pyridine rings is 2. The maximum absolute atomic E-state index is 13.2. The number of aromatic nitrogens is 3. The van der Waals surface area contributed by atoms with Gasteiger partial charge in [0, 0.05) is 42.9 Å². The van der Waals surface area contributed by atoms with Crippen LogP contribution in [0.1, 0.15) is 29.9 Å². The summed E-state index contributed by atoms with van der Waals surface area (Å²) in [5.41, 5.74) is 2.38. The van der Waals surface area contributed by atoms with Gasteiger partial charge in [-0.25, -0.2) is 9.37 Å². The minimum atomic E-state index is -0.351. The molecule has 1 aliphatic rings. The minimum absolute atomic E-state index is 0.181. The molecule has 9 heteroatoms. The van der Waals surface area contributed by atoms with E-state index in [1.54, 1.807) is 12.4 Å². The van der Waals surface area contributed by atoms with E-state index in [0.717, 1.165) is 17.2 Å². The van der Waals surface area contributed by atoms with Gasteiger partial charge in [-0.15, -0.1) is 0 Å². The van der Waals surface area contributed by atoms with Gasteiger partial charge < -0.3 is 20.1 Å². The van der Waals surface area contributed by atoms with E-state index in [4.69, 9.17) is 12.2 Å². The molecule has 176 valence electrons. The zero-order chi connectivity index (χ0) is 24.2. The van der Waals surface area contributed by atoms with Crippen molar-refractivity contribution in [1.82, 2.24) is 24.8 Å². The van der Waals surface area contributed by atoms with E-state index >= 15 is 0 Å². The predicted octanol–water partition coefficient (Wildman–Crippen LogP) is 4.41. The highest BCUT2D eigenvalue weighted by molar-refractivity contribution is 7.80. The molecule has 0 radical (unpaired) electrons. The molecule has 0 spiro atoms. The largest absolute Gasteiger partial charge is 0.352 e. The van der Waals surface area contributed by atoms with Crippen LogP contribution in [0.25, 0.3) is 5.82 Å². The van der Waals surface area contributed by atoms with Crippen molar-refractivity contribution >= 4 is 28.9 Å². The molecule has 0 aliphatic carbocycles. The topological polar surface area (TPSA) is 75.1 Å². The lowest BCUT2D eigenvalue weighted by molar-refractivity contribution is -0.116. The van der Waals surface area contributed by atoms with Crippen LogP contribution in [0.5, 0.6) is 0 Å². The molecule has 4 heterocycles. The number of halogens is 1. The lowest BCUT2D eigenvalue weighted by Crippen LogP contribution is -2.33. The molecule has 1 amide bonds. The molecule has 5 rings (SSSR count). The van der Waals surface area contributed by atoms with E-state index in [9.17, 15) is 9.18 Å². The standard InChI is InChI=1S/C26H23FN6OS/c27-18-9-11-19(12-10-18)30-23(34)13-17-33-25(24(31-26(33)35)20-6-1-3-14-28-20)21-7-5-16-32(21)22-8-2-4-15-29-22/h1-12,14-16,24-25H,13,17H2,(H,30,34)(H,31,35)/t24-,25-/m1/s1. The summed E-state index contributed by atoms with van der Waals surface area (Å²) in [6, 6.07) is 20.8. The highest BCUT2D eigenvalue weighted by Gasteiger charge is 2.41. The van der Waals surface area contributed by atoms with Crippen LogP contribution >= 0.6 is 12.2 Å². The fourth-order valence-corrected chi connectivity index (χ4v) is 4.62. The molecule has 7 nitrogen and oxygen atoms in total. The monoisotopic (exact) mass is 486 g/mol. The van der Waals surface area contributed by atoms with E-state index in [1.165, 1.54) is 24.3 Å². The van der Waals surface area contributed by atoms with Crippen LogP contribution in [0.3, 0.4) is 0 Å². The number of benzene rings is 1. The number of hydrogen-bond donors (Lipinski definition) is 2. The third-order valence-electron chi connectivity index (χ3n) is 5.88. The van der Waals surface area contributed by atoms with Gasteiger partial charge in [0.25, 0.3) is 0 Å². The van der Waals surface area contributed by atoms with Gasteiger partial charge in [0.15, 0.2) is 5.11 Å². The average Bonchev–Trinajstić information content (AvgIpc) is 3.49. The van der Waals surface area contributed by atoms with Crippen LogP contribution in [-0.4, -0.2) is 37.0 Å².